The Hall–Kier alpha value is -4.84. The smallest absolute Gasteiger partial charge is 0.127 e. The van der Waals surface area contributed by atoms with Gasteiger partial charge in [0.05, 0.1) is 12.0 Å². The van der Waals surface area contributed by atoms with E-state index >= 15 is 0 Å². The normalized spacial score (nSPS) is 27.6. The van der Waals surface area contributed by atoms with Gasteiger partial charge in [0.15, 0.2) is 0 Å². The molecule has 0 spiro atoms. The molecule has 4 nitrogen and oxygen atoms in total. The van der Waals surface area contributed by atoms with Crippen molar-refractivity contribution < 1.29 is 20.4 Å². The van der Waals surface area contributed by atoms with Gasteiger partial charge in [0.25, 0.3) is 0 Å². The molecule has 5 aromatic rings. The summed E-state index contributed by atoms with van der Waals surface area (Å²) in [6.07, 6.45) is 9.13. The Bertz CT molecular complexity index is 1970. The van der Waals surface area contributed by atoms with Crippen LogP contribution in [-0.4, -0.2) is 26.5 Å². The predicted octanol–water partition coefficient (Wildman–Crippen LogP) is 7.10. The van der Waals surface area contributed by atoms with Gasteiger partial charge in [-0.25, -0.2) is 0 Å². The summed E-state index contributed by atoms with van der Waals surface area (Å²) in [7, 11) is 0. The molecule has 4 heteroatoms. The number of hydrogen-bond acceptors (Lipinski definition) is 4. The van der Waals surface area contributed by atoms with Crippen molar-refractivity contribution in [1.29, 1.82) is 0 Å². The molecule has 15 rings (SSSR count). The zero-order valence-corrected chi connectivity index (χ0v) is 24.5. The first kappa shape index (κ1) is 27.7. The van der Waals surface area contributed by atoms with Crippen LogP contribution in [0.4, 0.5) is 0 Å². The van der Waals surface area contributed by atoms with Crippen LogP contribution >= 0.6 is 0 Å². The third-order valence-electron chi connectivity index (χ3n) is 9.72. The number of benzene rings is 5. The predicted molar refractivity (Wildman–Crippen MR) is 177 cm³/mol. The Morgan fingerprint density at radius 2 is 0.822 bits per heavy atom. The minimum Gasteiger partial charge on any atom is -0.388 e. The average Bonchev–Trinajstić information content (AvgIpc) is 3.40. The maximum Gasteiger partial charge on any atom is 0.127 e. The van der Waals surface area contributed by atoms with Crippen molar-refractivity contribution in [3.8, 4) is 33.4 Å². The first-order valence-corrected chi connectivity index (χ1v) is 15.2. The summed E-state index contributed by atoms with van der Waals surface area (Å²) >= 11 is 0. The number of aliphatic hydroxyl groups is 4. The van der Waals surface area contributed by atoms with Gasteiger partial charge in [-0.2, -0.15) is 0 Å². The van der Waals surface area contributed by atoms with Gasteiger partial charge >= 0.3 is 0 Å². The maximum atomic E-state index is 12.0. The van der Waals surface area contributed by atoms with Crippen molar-refractivity contribution in [2.75, 3.05) is 0 Å². The van der Waals surface area contributed by atoms with E-state index in [2.05, 4.69) is 18.2 Å². The van der Waals surface area contributed by atoms with E-state index < -0.39 is 28.8 Å². The van der Waals surface area contributed by atoms with Crippen LogP contribution in [0.25, 0.3) is 33.4 Å². The molecule has 10 aliphatic rings. The van der Waals surface area contributed by atoms with Crippen LogP contribution in [0.2, 0.25) is 0 Å². The van der Waals surface area contributed by atoms with Crippen LogP contribution in [0.15, 0.2) is 158 Å². The van der Waals surface area contributed by atoms with Gasteiger partial charge in [-0.1, -0.05) is 121 Å². The molecule has 45 heavy (non-hydrogen) atoms. The average molecular weight is 589 g/mol. The molecule has 0 amide bonds. The standard InChI is InChI=1S/C41H32O4/c42-37-20-21-41(45)36-18-12-30(13-19-36)33-3-1-2-32(26-33)29-10-16-35(17-11-29)40(44)24-22-39(43,23-25-40)34-14-8-28(9-15-34)27-4-6-31(7-5-27)38(37)41/h1-26,37-38,42-45H/t37-,38?,39-,40+,41-/m1/s1. The second kappa shape index (κ2) is 10.1. The van der Waals surface area contributed by atoms with E-state index in [0.29, 0.717) is 16.7 Å². The molecule has 3 atom stereocenters. The highest BCUT2D eigenvalue weighted by Crippen LogP contribution is 2.46. The fraction of sp³-hybridized carbons (Fsp3) is 0.122. The fourth-order valence-electron chi connectivity index (χ4n) is 7.00. The Labute approximate surface area is 262 Å². The van der Waals surface area contributed by atoms with Crippen molar-refractivity contribution in [3.05, 3.63) is 180 Å². The molecule has 0 aromatic heterocycles. The third kappa shape index (κ3) is 4.54. The number of hydrogen-bond donors (Lipinski definition) is 4. The second-order valence-corrected chi connectivity index (χ2v) is 12.4. The molecule has 5 aromatic carbocycles. The lowest BCUT2D eigenvalue weighted by atomic mass is 9.78. The first-order chi connectivity index (χ1) is 21.7. The summed E-state index contributed by atoms with van der Waals surface area (Å²) in [5, 5.41) is 46.0. The highest BCUT2D eigenvalue weighted by molar-refractivity contribution is 5.74. The summed E-state index contributed by atoms with van der Waals surface area (Å²) in [6.45, 7) is 0. The van der Waals surface area contributed by atoms with E-state index in [9.17, 15) is 20.4 Å². The topological polar surface area (TPSA) is 80.9 Å². The van der Waals surface area contributed by atoms with E-state index in [1.165, 1.54) is 0 Å². The number of fused-ring (bicyclic) bond motifs is 1. The van der Waals surface area contributed by atoms with Gasteiger partial charge in [-0.3, -0.25) is 0 Å². The quantitative estimate of drug-likeness (QED) is 0.146. The molecule has 0 saturated carbocycles. The van der Waals surface area contributed by atoms with Gasteiger partial charge in [0.1, 0.15) is 16.8 Å². The molecule has 0 saturated heterocycles. The van der Waals surface area contributed by atoms with Crippen LogP contribution in [0, 0.1) is 0 Å². The van der Waals surface area contributed by atoms with Crippen LogP contribution in [0.1, 0.15) is 28.2 Å². The van der Waals surface area contributed by atoms with Crippen LogP contribution in [0.3, 0.4) is 0 Å². The fourth-order valence-corrected chi connectivity index (χ4v) is 7.00. The molecule has 10 aliphatic carbocycles. The summed E-state index contributed by atoms with van der Waals surface area (Å²) in [6, 6.07) is 39.6. The van der Waals surface area contributed by atoms with Crippen molar-refractivity contribution in [2.24, 2.45) is 0 Å². The number of rotatable bonds is 0. The summed E-state index contributed by atoms with van der Waals surface area (Å²) in [4.78, 5) is 0. The molecule has 4 N–H and O–H groups in total. The van der Waals surface area contributed by atoms with E-state index in [4.69, 9.17) is 0 Å². The summed E-state index contributed by atoms with van der Waals surface area (Å²) in [5.41, 5.74) is 4.95. The molecular weight excluding hydrogens is 556 g/mol. The zero-order chi connectivity index (χ0) is 30.8. The largest absolute Gasteiger partial charge is 0.388 e. The van der Waals surface area contributed by atoms with E-state index in [-0.39, 0.29) is 0 Å². The summed E-state index contributed by atoms with van der Waals surface area (Å²) in [5.74, 6) is -0.557. The lowest BCUT2D eigenvalue weighted by Gasteiger charge is -2.32. The minimum atomic E-state index is -1.36. The van der Waals surface area contributed by atoms with E-state index in [1.54, 1.807) is 36.5 Å². The molecule has 0 radical (unpaired) electrons. The Morgan fingerprint density at radius 1 is 0.422 bits per heavy atom. The SMILES string of the molecule is O[C@@H]1C=C[C@@]2(O)c3ccc(cc3)-c3cccc(c3)-c3ccc(cc3)[C@]3(O)C=C[C@@](O)(C=C3)c3ccc(cc3)-c3ccc(cc3)C12. The molecule has 0 fully saturated rings. The van der Waals surface area contributed by atoms with E-state index in [0.717, 1.165) is 38.9 Å². The molecule has 0 aliphatic heterocycles. The maximum absolute atomic E-state index is 12.0. The Morgan fingerprint density at radius 3 is 1.29 bits per heavy atom. The van der Waals surface area contributed by atoms with Crippen LogP contribution < -0.4 is 0 Å². The van der Waals surface area contributed by atoms with Crippen molar-refractivity contribution in [1.82, 2.24) is 0 Å². The Balaban J connectivity index is 1.26. The van der Waals surface area contributed by atoms with Crippen LogP contribution in [0.5, 0.6) is 0 Å². The van der Waals surface area contributed by atoms with Crippen molar-refractivity contribution >= 4 is 0 Å². The summed E-state index contributed by atoms with van der Waals surface area (Å²) < 4.78 is 0. The monoisotopic (exact) mass is 588 g/mol. The number of aliphatic hydroxyl groups excluding tert-OH is 1. The minimum absolute atomic E-state index is 0.557. The van der Waals surface area contributed by atoms with E-state index in [1.807, 2.05) is 103 Å². The van der Waals surface area contributed by atoms with Gasteiger partial charge in [-0.15, -0.1) is 0 Å². The van der Waals surface area contributed by atoms with Gasteiger partial charge in [-0.05, 0) is 92.1 Å². The lowest BCUT2D eigenvalue weighted by molar-refractivity contribution is 0.0290. The van der Waals surface area contributed by atoms with Gasteiger partial charge in [0.2, 0.25) is 0 Å². The highest BCUT2D eigenvalue weighted by Gasteiger charge is 2.45. The zero-order valence-electron chi connectivity index (χ0n) is 24.5. The molecule has 1 unspecified atom stereocenters. The second-order valence-electron chi connectivity index (χ2n) is 12.4. The third-order valence-corrected chi connectivity index (χ3v) is 9.72. The van der Waals surface area contributed by atoms with Crippen molar-refractivity contribution in [3.63, 3.8) is 0 Å². The van der Waals surface area contributed by atoms with Crippen LogP contribution in [-0.2, 0) is 16.8 Å². The lowest BCUT2D eigenvalue weighted by Crippen LogP contribution is -2.33. The Kier molecular flexibility index (Phi) is 6.21. The molecule has 0 heterocycles. The first-order valence-electron chi connectivity index (χ1n) is 15.2. The van der Waals surface area contributed by atoms with Gasteiger partial charge < -0.3 is 20.4 Å². The van der Waals surface area contributed by atoms with Crippen molar-refractivity contribution in [2.45, 2.75) is 28.8 Å². The highest BCUT2D eigenvalue weighted by atomic mass is 16.3. The molecular formula is C41H32O4. The molecule has 220 valence electrons. The van der Waals surface area contributed by atoms with Gasteiger partial charge in [0, 0.05) is 0 Å². The molecule has 12 bridgehead atoms.